The van der Waals surface area contributed by atoms with Crippen molar-refractivity contribution in [2.24, 2.45) is 0 Å². The van der Waals surface area contributed by atoms with E-state index in [1.807, 2.05) is 6.07 Å². The molecule has 2 fully saturated rings. The third kappa shape index (κ3) is 3.51. The molecule has 1 heterocycles. The number of rotatable bonds is 5. The predicted molar refractivity (Wildman–Crippen MR) is 102 cm³/mol. The lowest BCUT2D eigenvalue weighted by Gasteiger charge is -2.29. The lowest BCUT2D eigenvalue weighted by Crippen LogP contribution is -2.44. The molecule has 0 aromatic heterocycles. The molecular weight excluding hydrogens is 362 g/mol. The Hall–Kier alpha value is -2.18. The Morgan fingerprint density at radius 3 is 2.44 bits per heavy atom. The number of benzene rings is 2. The van der Waals surface area contributed by atoms with Crippen LogP contribution < -0.4 is 0 Å². The van der Waals surface area contributed by atoms with Crippen LogP contribution in [-0.4, -0.2) is 42.5 Å². The van der Waals surface area contributed by atoms with Crippen LogP contribution in [0.25, 0.3) is 0 Å². The second-order valence-corrected chi connectivity index (χ2v) is 9.46. The highest BCUT2D eigenvalue weighted by molar-refractivity contribution is 7.90. The maximum atomic E-state index is 13.2. The lowest BCUT2D eigenvalue weighted by molar-refractivity contribution is 0.0384. The Kier molecular flexibility index (Phi) is 4.56. The fourth-order valence-electron chi connectivity index (χ4n) is 3.97. The number of likely N-dealkylation sites (tertiary alicyclic amines) is 1. The van der Waals surface area contributed by atoms with Gasteiger partial charge in [0, 0.05) is 6.54 Å². The number of hydrogen-bond acceptors (Lipinski definition) is 4. The molecule has 1 N–H and O–H groups in total. The molecule has 1 unspecified atom stereocenters. The van der Waals surface area contributed by atoms with Gasteiger partial charge >= 0.3 is 0 Å². The van der Waals surface area contributed by atoms with E-state index in [-0.39, 0.29) is 28.2 Å². The molecule has 2 aromatic carbocycles. The van der Waals surface area contributed by atoms with Crippen molar-refractivity contribution in [3.8, 4) is 0 Å². The summed E-state index contributed by atoms with van der Waals surface area (Å²) in [7, 11) is -3.67. The van der Waals surface area contributed by atoms with E-state index in [1.54, 1.807) is 47.4 Å². The van der Waals surface area contributed by atoms with Crippen LogP contribution in [0, 0.1) is 0 Å². The second kappa shape index (κ2) is 6.77. The Balaban J connectivity index is 1.66. The van der Waals surface area contributed by atoms with E-state index in [4.69, 9.17) is 0 Å². The minimum Gasteiger partial charge on any atom is -0.388 e. The van der Waals surface area contributed by atoms with Crippen LogP contribution in [0.5, 0.6) is 0 Å². The summed E-state index contributed by atoms with van der Waals surface area (Å²) >= 11 is 0. The zero-order chi connectivity index (χ0) is 19.1. The molecule has 1 aliphatic heterocycles. The van der Waals surface area contributed by atoms with Crippen molar-refractivity contribution in [2.45, 2.75) is 48.0 Å². The van der Waals surface area contributed by atoms with Gasteiger partial charge in [0.25, 0.3) is 5.91 Å². The standard InChI is InChI=1S/C21H23NO4S/c23-20(22-14-6-11-19(22)21(24)12-13-21)17-9-4-5-10-18(17)27(25,26)15-16-7-2-1-3-8-16/h1-5,7-10,19,24H,6,11-15H2. The lowest BCUT2D eigenvalue weighted by atomic mass is 10.1. The Bertz CT molecular complexity index is 951. The number of hydrogen-bond donors (Lipinski definition) is 1. The number of sulfone groups is 1. The van der Waals surface area contributed by atoms with E-state index < -0.39 is 15.4 Å². The van der Waals surface area contributed by atoms with E-state index in [2.05, 4.69) is 0 Å². The van der Waals surface area contributed by atoms with Gasteiger partial charge < -0.3 is 10.0 Å². The first-order valence-electron chi connectivity index (χ1n) is 9.30. The summed E-state index contributed by atoms with van der Waals surface area (Å²) in [4.78, 5) is 14.9. The highest BCUT2D eigenvalue weighted by Crippen LogP contribution is 2.45. The van der Waals surface area contributed by atoms with Gasteiger partial charge in [-0.2, -0.15) is 0 Å². The molecule has 0 bridgehead atoms. The van der Waals surface area contributed by atoms with E-state index in [1.165, 1.54) is 6.07 Å². The number of nitrogens with zero attached hydrogens (tertiary/aromatic N) is 1. The van der Waals surface area contributed by atoms with Crippen LogP contribution in [0.1, 0.15) is 41.6 Å². The summed E-state index contributed by atoms with van der Waals surface area (Å²) in [6.07, 6.45) is 3.00. The average Bonchev–Trinajstić information content (AvgIpc) is 3.21. The van der Waals surface area contributed by atoms with Crippen molar-refractivity contribution >= 4 is 15.7 Å². The van der Waals surface area contributed by atoms with Crippen LogP contribution in [-0.2, 0) is 15.6 Å². The quantitative estimate of drug-likeness (QED) is 0.859. The Labute approximate surface area is 159 Å². The molecule has 1 saturated heterocycles. The van der Waals surface area contributed by atoms with Crippen LogP contribution in [0.4, 0.5) is 0 Å². The molecule has 142 valence electrons. The van der Waals surface area contributed by atoms with Crippen LogP contribution in [0.15, 0.2) is 59.5 Å². The molecule has 5 nitrogen and oxygen atoms in total. The first-order chi connectivity index (χ1) is 12.9. The van der Waals surface area contributed by atoms with Gasteiger partial charge in [-0.1, -0.05) is 42.5 Å². The maximum absolute atomic E-state index is 13.2. The van der Waals surface area contributed by atoms with E-state index in [0.29, 0.717) is 24.9 Å². The molecule has 1 atom stereocenters. The highest BCUT2D eigenvalue weighted by atomic mass is 32.2. The molecule has 0 spiro atoms. The van der Waals surface area contributed by atoms with E-state index in [0.717, 1.165) is 12.8 Å². The molecule has 1 saturated carbocycles. The summed E-state index contributed by atoms with van der Waals surface area (Å²) in [5, 5.41) is 10.5. The van der Waals surface area contributed by atoms with Gasteiger partial charge in [0.2, 0.25) is 0 Å². The molecule has 2 aromatic rings. The molecule has 0 radical (unpaired) electrons. The number of aliphatic hydroxyl groups is 1. The molecule has 2 aliphatic rings. The summed E-state index contributed by atoms with van der Waals surface area (Å²) in [5.74, 6) is -0.448. The topological polar surface area (TPSA) is 74.7 Å². The van der Waals surface area contributed by atoms with E-state index >= 15 is 0 Å². The van der Waals surface area contributed by atoms with Crippen molar-refractivity contribution in [1.82, 2.24) is 4.90 Å². The predicted octanol–water partition coefficient (Wildman–Crippen LogP) is 2.79. The summed E-state index contributed by atoms with van der Waals surface area (Å²) in [5.41, 5.74) is 0.0972. The third-order valence-corrected chi connectivity index (χ3v) is 7.29. The monoisotopic (exact) mass is 385 g/mol. The minimum absolute atomic E-state index is 0.0623. The highest BCUT2D eigenvalue weighted by Gasteiger charge is 2.52. The molecule has 6 heteroatoms. The number of carbonyl (C=O) groups is 1. The first kappa shape index (κ1) is 18.2. The fourth-order valence-corrected chi connectivity index (χ4v) is 5.53. The van der Waals surface area contributed by atoms with Crippen molar-refractivity contribution in [2.75, 3.05) is 6.54 Å². The maximum Gasteiger partial charge on any atom is 0.255 e. The van der Waals surface area contributed by atoms with Gasteiger partial charge in [-0.15, -0.1) is 0 Å². The van der Waals surface area contributed by atoms with Gasteiger partial charge in [-0.3, -0.25) is 4.79 Å². The molecule has 1 amide bonds. The normalized spacial score (nSPS) is 21.2. The Morgan fingerprint density at radius 1 is 1.07 bits per heavy atom. The van der Waals surface area contributed by atoms with Gasteiger partial charge in [-0.25, -0.2) is 8.42 Å². The van der Waals surface area contributed by atoms with E-state index in [9.17, 15) is 18.3 Å². The van der Waals surface area contributed by atoms with Crippen LogP contribution in [0.3, 0.4) is 0 Å². The Morgan fingerprint density at radius 2 is 1.74 bits per heavy atom. The van der Waals surface area contributed by atoms with Gasteiger partial charge in [0.1, 0.15) is 0 Å². The van der Waals surface area contributed by atoms with Gasteiger partial charge in [-0.05, 0) is 43.4 Å². The SMILES string of the molecule is O=C(c1ccccc1S(=O)(=O)Cc1ccccc1)N1CCCC1C1(O)CC1. The van der Waals surface area contributed by atoms with Crippen molar-refractivity contribution in [3.05, 3.63) is 65.7 Å². The first-order valence-corrected chi connectivity index (χ1v) is 10.9. The summed E-state index contributed by atoms with van der Waals surface area (Å²) in [6, 6.07) is 15.2. The minimum atomic E-state index is -3.67. The zero-order valence-electron chi connectivity index (χ0n) is 15.0. The van der Waals surface area contributed by atoms with Gasteiger partial charge in [0.05, 0.1) is 27.9 Å². The molecule has 27 heavy (non-hydrogen) atoms. The zero-order valence-corrected chi connectivity index (χ0v) is 15.9. The number of amides is 1. The van der Waals surface area contributed by atoms with Gasteiger partial charge in [0.15, 0.2) is 9.84 Å². The van der Waals surface area contributed by atoms with Crippen molar-refractivity contribution < 1.29 is 18.3 Å². The molecule has 1 aliphatic carbocycles. The average molecular weight is 385 g/mol. The summed E-state index contributed by atoms with van der Waals surface area (Å²) in [6.45, 7) is 0.554. The van der Waals surface area contributed by atoms with Crippen molar-refractivity contribution in [1.29, 1.82) is 0 Å². The van der Waals surface area contributed by atoms with Crippen LogP contribution >= 0.6 is 0 Å². The van der Waals surface area contributed by atoms with Crippen molar-refractivity contribution in [3.63, 3.8) is 0 Å². The summed E-state index contributed by atoms with van der Waals surface area (Å²) < 4.78 is 26.0. The number of carbonyl (C=O) groups excluding carboxylic acids is 1. The fraction of sp³-hybridized carbons (Fsp3) is 0.381. The third-order valence-electron chi connectivity index (χ3n) is 5.55. The largest absolute Gasteiger partial charge is 0.388 e. The smallest absolute Gasteiger partial charge is 0.255 e. The molecule has 4 rings (SSSR count). The van der Waals surface area contributed by atoms with Crippen LogP contribution in [0.2, 0.25) is 0 Å². The second-order valence-electron chi connectivity index (χ2n) is 7.50. The molecular formula is C21H23NO4S.